The first-order valence-electron chi connectivity index (χ1n) is 10.6. The van der Waals surface area contributed by atoms with Crippen molar-refractivity contribution in [3.05, 3.63) is 30.5 Å². The Morgan fingerprint density at radius 2 is 1.70 bits per heavy atom. The van der Waals surface area contributed by atoms with Crippen molar-refractivity contribution in [2.24, 2.45) is 0 Å². The van der Waals surface area contributed by atoms with Crippen LogP contribution in [-0.2, 0) is 0 Å². The molecule has 9 heteroatoms. The zero-order valence-electron chi connectivity index (χ0n) is 16.9. The number of carbonyl (C=O) groups is 1. The number of aromatic amines is 1. The first kappa shape index (κ1) is 18.7. The number of piperazine rings is 1. The van der Waals surface area contributed by atoms with E-state index in [-0.39, 0.29) is 8.88 Å². The number of nitrogens with two attached hydrogens (primary N) is 1. The van der Waals surface area contributed by atoms with Crippen LogP contribution in [0.2, 0.25) is 0 Å². The maximum absolute atomic E-state index is 12.7. The third-order valence-corrected chi connectivity index (χ3v) is 5.90. The molecule has 2 amide bonds. The van der Waals surface area contributed by atoms with E-state index >= 15 is 0 Å². The van der Waals surface area contributed by atoms with E-state index in [9.17, 15) is 4.79 Å². The van der Waals surface area contributed by atoms with Crippen LogP contribution >= 0.6 is 0 Å². The molecule has 9 nitrogen and oxygen atoms in total. The number of fused-ring (bicyclic) bond motifs is 1. The number of nitrogens with one attached hydrogen (secondary N) is 1. The number of amides is 2. The van der Waals surface area contributed by atoms with Crippen molar-refractivity contribution in [2.45, 2.75) is 19.3 Å². The molecule has 0 unspecified atom stereocenters. The third-order valence-electron chi connectivity index (χ3n) is 5.90. The lowest BCUT2D eigenvalue weighted by atomic mass is 10.1. The first-order chi connectivity index (χ1) is 14.7. The molecule has 2 aliphatic heterocycles. The number of piperidine rings is 1. The van der Waals surface area contributed by atoms with Crippen molar-refractivity contribution in [1.82, 2.24) is 29.7 Å². The van der Waals surface area contributed by atoms with Gasteiger partial charge in [-0.1, -0.05) is 12.1 Å². The van der Waals surface area contributed by atoms with Gasteiger partial charge < -0.3 is 25.4 Å². The number of likely N-dealkylation sites (tertiary alicyclic amines) is 1. The summed E-state index contributed by atoms with van der Waals surface area (Å²) in [5.41, 5.74) is 8.46. The van der Waals surface area contributed by atoms with E-state index in [0.717, 1.165) is 55.9 Å². The van der Waals surface area contributed by atoms with Crippen LogP contribution in [0.15, 0.2) is 30.5 Å². The molecule has 4 heterocycles. The molecule has 0 aliphatic carbocycles. The standard InChI is InChI=1S/C21H26N8O.2H2/c22-19-18(20-24-15-6-2-3-7-16(15)25-20)26-17(14-23-19)27-10-12-29(13-11-27)21(30)28-8-4-1-5-9-28;;/h2-3,6-7,14H,1,4-5,8-13H2,(H2,22,23)(H,24,25);2*1H. The average molecular weight is 411 g/mol. The lowest BCUT2D eigenvalue weighted by molar-refractivity contribution is 0.141. The lowest BCUT2D eigenvalue weighted by Gasteiger charge is -2.39. The quantitative estimate of drug-likeness (QED) is 0.673. The van der Waals surface area contributed by atoms with Crippen LogP contribution in [0, 0.1) is 0 Å². The molecule has 0 bridgehead atoms. The van der Waals surface area contributed by atoms with Gasteiger partial charge in [-0.25, -0.2) is 19.7 Å². The smallest absolute Gasteiger partial charge is 0.320 e. The molecule has 2 saturated heterocycles. The highest BCUT2D eigenvalue weighted by molar-refractivity contribution is 5.80. The molecule has 0 spiro atoms. The van der Waals surface area contributed by atoms with Gasteiger partial charge >= 0.3 is 6.03 Å². The summed E-state index contributed by atoms with van der Waals surface area (Å²) < 4.78 is 0. The Balaban J connectivity index is 0.00000144. The van der Waals surface area contributed by atoms with Gasteiger partial charge in [0.2, 0.25) is 0 Å². The SMILES string of the molecule is Nc1ncc(N2CCN(C(=O)N3CCCCC3)CC2)nc1-c1nc2ccccc2[nH]1.[HH].[HH]. The maximum Gasteiger partial charge on any atom is 0.320 e. The van der Waals surface area contributed by atoms with Crippen LogP contribution in [0.1, 0.15) is 22.1 Å². The number of nitrogen functional groups attached to an aromatic ring is 1. The van der Waals surface area contributed by atoms with Crippen LogP contribution in [0.5, 0.6) is 0 Å². The predicted octanol–water partition coefficient (Wildman–Crippen LogP) is 2.82. The second-order valence-corrected chi connectivity index (χ2v) is 7.87. The fourth-order valence-electron chi connectivity index (χ4n) is 4.19. The Morgan fingerprint density at radius 3 is 2.47 bits per heavy atom. The summed E-state index contributed by atoms with van der Waals surface area (Å²) in [7, 11) is 0. The summed E-state index contributed by atoms with van der Waals surface area (Å²) in [6.07, 6.45) is 5.14. The number of urea groups is 1. The van der Waals surface area contributed by atoms with Crippen LogP contribution in [-0.4, -0.2) is 75.0 Å². The molecule has 2 fully saturated rings. The predicted molar refractivity (Wildman–Crippen MR) is 120 cm³/mol. The molecule has 2 aliphatic rings. The van der Waals surface area contributed by atoms with Gasteiger partial charge in [-0.15, -0.1) is 0 Å². The minimum Gasteiger partial charge on any atom is -0.382 e. The van der Waals surface area contributed by atoms with Crippen molar-refractivity contribution < 1.29 is 7.65 Å². The van der Waals surface area contributed by atoms with Gasteiger partial charge in [0.15, 0.2) is 17.3 Å². The van der Waals surface area contributed by atoms with Crippen molar-refractivity contribution in [2.75, 3.05) is 49.9 Å². The van der Waals surface area contributed by atoms with Gasteiger partial charge in [-0.2, -0.15) is 0 Å². The Labute approximate surface area is 177 Å². The normalized spacial score (nSPS) is 17.5. The largest absolute Gasteiger partial charge is 0.382 e. The van der Waals surface area contributed by atoms with Crippen LogP contribution in [0.3, 0.4) is 0 Å². The molecule has 0 radical (unpaired) electrons. The van der Waals surface area contributed by atoms with Crippen LogP contribution in [0.4, 0.5) is 16.4 Å². The lowest BCUT2D eigenvalue weighted by Crippen LogP contribution is -2.53. The number of H-pyrrole nitrogens is 1. The number of imidazole rings is 1. The first-order valence-corrected chi connectivity index (χ1v) is 10.6. The van der Waals surface area contributed by atoms with Crippen molar-refractivity contribution in [3.8, 4) is 11.5 Å². The van der Waals surface area contributed by atoms with Gasteiger partial charge in [0.05, 0.1) is 17.2 Å². The molecule has 3 aromatic rings. The summed E-state index contributed by atoms with van der Waals surface area (Å²) in [6, 6.07) is 7.99. The van der Waals surface area contributed by atoms with E-state index in [4.69, 9.17) is 10.7 Å². The molecule has 5 rings (SSSR count). The zero-order valence-corrected chi connectivity index (χ0v) is 16.9. The number of aromatic nitrogens is 4. The number of hydrogen-bond donors (Lipinski definition) is 2. The van der Waals surface area contributed by atoms with E-state index in [1.165, 1.54) is 6.42 Å². The second kappa shape index (κ2) is 7.81. The summed E-state index contributed by atoms with van der Waals surface area (Å²) in [6.45, 7) is 4.56. The number of para-hydroxylation sites is 2. The molecular weight excluding hydrogens is 380 g/mol. The Hall–Kier alpha value is -3.36. The number of anilines is 2. The van der Waals surface area contributed by atoms with Gasteiger partial charge in [-0.05, 0) is 31.4 Å². The van der Waals surface area contributed by atoms with E-state index < -0.39 is 0 Å². The van der Waals surface area contributed by atoms with Gasteiger partial charge in [0.1, 0.15) is 5.82 Å². The summed E-state index contributed by atoms with van der Waals surface area (Å²) in [5.74, 6) is 1.71. The molecule has 160 valence electrons. The number of rotatable bonds is 2. The van der Waals surface area contributed by atoms with Crippen molar-refractivity contribution in [1.29, 1.82) is 0 Å². The Kier molecular flexibility index (Phi) is 4.86. The fourth-order valence-corrected chi connectivity index (χ4v) is 4.19. The number of benzene rings is 1. The van der Waals surface area contributed by atoms with E-state index in [1.807, 2.05) is 34.1 Å². The fraction of sp³-hybridized carbons (Fsp3) is 0.429. The molecular formula is C21H30N8O. The molecule has 2 aromatic heterocycles. The monoisotopic (exact) mass is 410 g/mol. The summed E-state index contributed by atoms with van der Waals surface area (Å²) >= 11 is 0. The highest BCUT2D eigenvalue weighted by atomic mass is 16.2. The molecule has 30 heavy (non-hydrogen) atoms. The Bertz CT molecular complexity index is 1030. The molecule has 3 N–H and O–H groups in total. The van der Waals surface area contributed by atoms with E-state index in [1.54, 1.807) is 6.20 Å². The molecule has 1 aromatic carbocycles. The summed E-state index contributed by atoms with van der Waals surface area (Å²) in [4.78, 5) is 35.8. The second-order valence-electron chi connectivity index (χ2n) is 7.87. The van der Waals surface area contributed by atoms with Crippen LogP contribution in [0.25, 0.3) is 22.6 Å². The highest BCUT2D eigenvalue weighted by Gasteiger charge is 2.27. The minimum absolute atomic E-state index is 0. The third kappa shape index (κ3) is 3.51. The topological polar surface area (TPSA) is 107 Å². The highest BCUT2D eigenvalue weighted by Crippen LogP contribution is 2.25. The number of hydrogen-bond acceptors (Lipinski definition) is 6. The molecule has 0 atom stereocenters. The maximum atomic E-state index is 12.7. The van der Waals surface area contributed by atoms with Gasteiger partial charge in [0, 0.05) is 42.1 Å². The molecule has 0 saturated carbocycles. The van der Waals surface area contributed by atoms with E-state index in [2.05, 4.69) is 19.9 Å². The van der Waals surface area contributed by atoms with Crippen molar-refractivity contribution >= 4 is 28.7 Å². The summed E-state index contributed by atoms with van der Waals surface area (Å²) in [5, 5.41) is 0. The number of nitrogens with zero attached hydrogens (tertiary/aromatic N) is 6. The van der Waals surface area contributed by atoms with Crippen LogP contribution < -0.4 is 10.6 Å². The number of carbonyl (C=O) groups excluding carboxylic acids is 1. The zero-order chi connectivity index (χ0) is 20.5. The van der Waals surface area contributed by atoms with Crippen molar-refractivity contribution in [3.63, 3.8) is 0 Å². The minimum atomic E-state index is 0. The average Bonchev–Trinajstić information content (AvgIpc) is 3.24. The van der Waals surface area contributed by atoms with E-state index in [0.29, 0.717) is 30.4 Å². The van der Waals surface area contributed by atoms with Gasteiger partial charge in [-0.3, -0.25) is 0 Å². The Morgan fingerprint density at radius 1 is 0.967 bits per heavy atom. The van der Waals surface area contributed by atoms with Gasteiger partial charge in [0.25, 0.3) is 0 Å².